The molecule has 1 fully saturated rings. The number of carbonyl (C=O) groups is 2. The Morgan fingerprint density at radius 2 is 1.66 bits per heavy atom. The third-order valence-electron chi connectivity index (χ3n) is 5.57. The van der Waals surface area contributed by atoms with Crippen molar-refractivity contribution in [2.75, 3.05) is 4.90 Å². The van der Waals surface area contributed by atoms with Gasteiger partial charge in [-0.2, -0.15) is 0 Å². The van der Waals surface area contributed by atoms with Gasteiger partial charge >= 0.3 is 0 Å². The van der Waals surface area contributed by atoms with Gasteiger partial charge in [-0.3, -0.25) is 19.8 Å². The first kappa shape index (κ1) is 21.5. The molecule has 0 radical (unpaired) electrons. The van der Waals surface area contributed by atoms with E-state index >= 15 is 0 Å². The molecule has 1 aromatic heterocycles. The van der Waals surface area contributed by atoms with Crippen LogP contribution in [0.25, 0.3) is 11.8 Å². The van der Waals surface area contributed by atoms with Crippen LogP contribution >= 0.6 is 12.2 Å². The Morgan fingerprint density at radius 3 is 2.31 bits per heavy atom. The van der Waals surface area contributed by atoms with E-state index in [1.807, 2.05) is 68.7 Å². The minimum absolute atomic E-state index is 0.0181. The zero-order valence-electron chi connectivity index (χ0n) is 18.3. The quantitative estimate of drug-likeness (QED) is 0.359. The van der Waals surface area contributed by atoms with Crippen LogP contribution < -0.4 is 10.2 Å². The second kappa shape index (κ2) is 8.09. The molecule has 0 bridgehead atoms. The summed E-state index contributed by atoms with van der Waals surface area (Å²) in [6, 6.07) is 14.5. The standard InChI is InChI=1S/C25H23N3O3S/c1-14-5-10-22(15(2)11-14)28-24(31)21(23(30)26-25(28)32)13-18-12-16(3)27(17(18)4)19-6-8-20(29)9-7-19/h5-13,29H,1-4H3,(H,26,30,32). The zero-order chi connectivity index (χ0) is 23.2. The molecule has 32 heavy (non-hydrogen) atoms. The molecule has 2 heterocycles. The van der Waals surface area contributed by atoms with Crippen LogP contribution in [0.15, 0.2) is 54.1 Å². The Balaban J connectivity index is 1.77. The molecule has 4 rings (SSSR count). The number of nitrogens with one attached hydrogen (secondary N) is 1. The third-order valence-corrected chi connectivity index (χ3v) is 5.86. The van der Waals surface area contributed by atoms with E-state index in [1.54, 1.807) is 18.2 Å². The van der Waals surface area contributed by atoms with Crippen LogP contribution in [-0.2, 0) is 9.59 Å². The fourth-order valence-corrected chi connectivity index (χ4v) is 4.29. The molecule has 0 saturated carbocycles. The summed E-state index contributed by atoms with van der Waals surface area (Å²) in [5, 5.41) is 12.3. The molecule has 3 aromatic rings. The SMILES string of the molecule is Cc1ccc(N2C(=O)C(=Cc3cc(C)n(-c4ccc(O)cc4)c3C)C(=O)NC2=S)c(C)c1. The molecular formula is C25H23N3O3S. The van der Waals surface area contributed by atoms with Crippen LogP contribution in [0.3, 0.4) is 0 Å². The van der Waals surface area contributed by atoms with Gasteiger partial charge in [0.2, 0.25) is 0 Å². The summed E-state index contributed by atoms with van der Waals surface area (Å²) in [6.45, 7) is 7.75. The van der Waals surface area contributed by atoms with E-state index in [0.29, 0.717) is 5.69 Å². The second-order valence-corrected chi connectivity index (χ2v) is 8.31. The van der Waals surface area contributed by atoms with E-state index < -0.39 is 11.8 Å². The molecule has 1 saturated heterocycles. The van der Waals surface area contributed by atoms with Gasteiger partial charge in [0.15, 0.2) is 5.11 Å². The molecule has 2 N–H and O–H groups in total. The number of thiocarbonyl (C=S) groups is 1. The second-order valence-electron chi connectivity index (χ2n) is 7.93. The molecular weight excluding hydrogens is 422 g/mol. The maximum absolute atomic E-state index is 13.4. The van der Waals surface area contributed by atoms with Crippen molar-refractivity contribution in [3.8, 4) is 11.4 Å². The maximum atomic E-state index is 13.4. The normalized spacial score (nSPS) is 15.4. The smallest absolute Gasteiger partial charge is 0.270 e. The van der Waals surface area contributed by atoms with Gasteiger partial charge < -0.3 is 9.67 Å². The third kappa shape index (κ3) is 3.71. The van der Waals surface area contributed by atoms with Gasteiger partial charge in [0.1, 0.15) is 11.3 Å². The number of aromatic hydroxyl groups is 1. The van der Waals surface area contributed by atoms with Crippen molar-refractivity contribution in [3.05, 3.63) is 82.2 Å². The Bertz CT molecular complexity index is 1300. The molecule has 1 aliphatic rings. The minimum Gasteiger partial charge on any atom is -0.508 e. The molecule has 2 amide bonds. The number of benzene rings is 2. The van der Waals surface area contributed by atoms with E-state index in [9.17, 15) is 14.7 Å². The van der Waals surface area contributed by atoms with E-state index in [0.717, 1.165) is 33.8 Å². The fraction of sp³-hybridized carbons (Fsp3) is 0.160. The summed E-state index contributed by atoms with van der Waals surface area (Å²) in [5.74, 6) is -0.791. The van der Waals surface area contributed by atoms with Crippen LogP contribution in [0.4, 0.5) is 5.69 Å². The Labute approximate surface area is 191 Å². The Hall–Kier alpha value is -3.71. The Morgan fingerprint density at radius 1 is 0.969 bits per heavy atom. The topological polar surface area (TPSA) is 74.6 Å². The van der Waals surface area contributed by atoms with Crippen molar-refractivity contribution in [2.45, 2.75) is 27.7 Å². The van der Waals surface area contributed by atoms with E-state index in [2.05, 4.69) is 5.32 Å². The number of carbonyl (C=O) groups excluding carboxylic acids is 2. The lowest BCUT2D eigenvalue weighted by Gasteiger charge is -2.30. The average Bonchev–Trinajstić information content (AvgIpc) is 3.00. The first-order valence-electron chi connectivity index (χ1n) is 10.1. The first-order chi connectivity index (χ1) is 15.2. The van der Waals surface area contributed by atoms with Crippen LogP contribution in [0, 0.1) is 27.7 Å². The van der Waals surface area contributed by atoms with E-state index in [-0.39, 0.29) is 16.4 Å². The molecule has 0 atom stereocenters. The lowest BCUT2D eigenvalue weighted by atomic mass is 10.0. The number of phenols is 1. The number of phenolic OH excluding ortho intramolecular Hbond substituents is 1. The van der Waals surface area contributed by atoms with Crippen molar-refractivity contribution in [2.24, 2.45) is 0 Å². The van der Waals surface area contributed by atoms with Gasteiger partial charge in [-0.25, -0.2) is 0 Å². The highest BCUT2D eigenvalue weighted by atomic mass is 32.1. The van der Waals surface area contributed by atoms with Crippen molar-refractivity contribution in [1.82, 2.24) is 9.88 Å². The molecule has 6 nitrogen and oxygen atoms in total. The van der Waals surface area contributed by atoms with Gasteiger partial charge in [0.25, 0.3) is 11.8 Å². The number of aryl methyl sites for hydroxylation is 3. The number of nitrogens with zero attached hydrogens (tertiary/aromatic N) is 2. The summed E-state index contributed by atoms with van der Waals surface area (Å²) in [6.07, 6.45) is 1.61. The van der Waals surface area contributed by atoms with Crippen LogP contribution in [-0.4, -0.2) is 26.6 Å². The van der Waals surface area contributed by atoms with Crippen LogP contribution in [0.5, 0.6) is 5.75 Å². The van der Waals surface area contributed by atoms with Crippen LogP contribution in [0.1, 0.15) is 28.1 Å². The number of amides is 2. The highest BCUT2D eigenvalue weighted by Crippen LogP contribution is 2.28. The average molecular weight is 446 g/mol. The van der Waals surface area contributed by atoms with Gasteiger partial charge in [-0.1, -0.05) is 17.7 Å². The zero-order valence-corrected chi connectivity index (χ0v) is 19.1. The molecule has 162 valence electrons. The highest BCUT2D eigenvalue weighted by Gasteiger charge is 2.35. The molecule has 1 aliphatic heterocycles. The number of hydrogen-bond donors (Lipinski definition) is 2. The largest absolute Gasteiger partial charge is 0.508 e. The van der Waals surface area contributed by atoms with Crippen LogP contribution in [0.2, 0.25) is 0 Å². The lowest BCUT2D eigenvalue weighted by Crippen LogP contribution is -2.54. The number of anilines is 1. The summed E-state index contributed by atoms with van der Waals surface area (Å²) < 4.78 is 2.00. The molecule has 0 aliphatic carbocycles. The Kier molecular flexibility index (Phi) is 5.44. The molecule has 2 aromatic carbocycles. The highest BCUT2D eigenvalue weighted by molar-refractivity contribution is 7.80. The van der Waals surface area contributed by atoms with Crippen molar-refractivity contribution in [1.29, 1.82) is 0 Å². The number of aromatic nitrogens is 1. The lowest BCUT2D eigenvalue weighted by molar-refractivity contribution is -0.122. The summed E-state index contributed by atoms with van der Waals surface area (Å²) in [5.41, 5.74) is 6.06. The molecule has 0 spiro atoms. The summed E-state index contributed by atoms with van der Waals surface area (Å²) in [7, 11) is 0. The van der Waals surface area contributed by atoms with Gasteiger partial charge in [-0.15, -0.1) is 0 Å². The van der Waals surface area contributed by atoms with E-state index in [1.165, 1.54) is 4.90 Å². The van der Waals surface area contributed by atoms with Crippen molar-refractivity contribution in [3.63, 3.8) is 0 Å². The maximum Gasteiger partial charge on any atom is 0.270 e. The predicted octanol–water partition coefficient (Wildman–Crippen LogP) is 4.25. The van der Waals surface area contributed by atoms with Gasteiger partial charge in [0.05, 0.1) is 5.69 Å². The predicted molar refractivity (Wildman–Crippen MR) is 129 cm³/mol. The minimum atomic E-state index is -0.518. The monoisotopic (exact) mass is 445 g/mol. The van der Waals surface area contributed by atoms with Crippen molar-refractivity contribution >= 4 is 40.9 Å². The summed E-state index contributed by atoms with van der Waals surface area (Å²) in [4.78, 5) is 27.4. The summed E-state index contributed by atoms with van der Waals surface area (Å²) >= 11 is 5.32. The fourth-order valence-electron chi connectivity index (χ4n) is 4.02. The molecule has 0 unspecified atom stereocenters. The van der Waals surface area contributed by atoms with Gasteiger partial charge in [0, 0.05) is 17.1 Å². The number of rotatable bonds is 3. The van der Waals surface area contributed by atoms with Gasteiger partial charge in [-0.05, 0) is 93.5 Å². The molecule has 7 heteroatoms. The number of hydrogen-bond acceptors (Lipinski definition) is 4. The first-order valence-corrected chi connectivity index (χ1v) is 10.5. The van der Waals surface area contributed by atoms with E-state index in [4.69, 9.17) is 12.2 Å². The van der Waals surface area contributed by atoms with Crippen molar-refractivity contribution < 1.29 is 14.7 Å².